The van der Waals surface area contributed by atoms with Gasteiger partial charge >= 0.3 is 0 Å². The predicted molar refractivity (Wildman–Crippen MR) is 54.3 cm³/mol. The second kappa shape index (κ2) is 3.30. The van der Waals surface area contributed by atoms with Crippen LogP contribution in [0.3, 0.4) is 0 Å². The van der Waals surface area contributed by atoms with Crippen molar-refractivity contribution in [1.82, 2.24) is 0 Å². The van der Waals surface area contributed by atoms with Crippen LogP contribution >= 0.6 is 0 Å². The van der Waals surface area contributed by atoms with E-state index >= 15 is 0 Å². The van der Waals surface area contributed by atoms with E-state index in [1.165, 1.54) is 17.5 Å². The molecule has 12 heavy (non-hydrogen) atoms. The Morgan fingerprint density at radius 3 is 2.17 bits per heavy atom. The standard InChI is InChI=1S/C12H18/c1-10-7-5-6-8-11(10)9-12(2,3)4/h5-8H,9H2,1-4H3. The van der Waals surface area contributed by atoms with Gasteiger partial charge in [0.05, 0.1) is 0 Å². The van der Waals surface area contributed by atoms with E-state index in [1.54, 1.807) is 0 Å². The molecule has 0 bridgehead atoms. The summed E-state index contributed by atoms with van der Waals surface area (Å²) in [4.78, 5) is 0. The Bertz CT molecular complexity index is 253. The Hall–Kier alpha value is -0.780. The zero-order valence-corrected chi connectivity index (χ0v) is 8.52. The number of hydrogen-bond acceptors (Lipinski definition) is 0. The van der Waals surface area contributed by atoms with Crippen LogP contribution in [0.15, 0.2) is 24.3 Å². The van der Waals surface area contributed by atoms with E-state index in [1.807, 2.05) is 0 Å². The summed E-state index contributed by atoms with van der Waals surface area (Å²) in [5.74, 6) is 0. The van der Waals surface area contributed by atoms with E-state index in [0.29, 0.717) is 5.41 Å². The molecule has 0 N–H and O–H groups in total. The van der Waals surface area contributed by atoms with Gasteiger partial charge in [-0.2, -0.15) is 0 Å². The summed E-state index contributed by atoms with van der Waals surface area (Å²) in [6, 6.07) is 8.62. The first-order valence-electron chi connectivity index (χ1n) is 4.53. The van der Waals surface area contributed by atoms with Crippen LogP contribution in [0, 0.1) is 12.3 Å². The topological polar surface area (TPSA) is 0 Å². The molecule has 0 unspecified atom stereocenters. The molecule has 0 heterocycles. The Morgan fingerprint density at radius 2 is 1.67 bits per heavy atom. The lowest BCUT2D eigenvalue weighted by molar-refractivity contribution is 0.410. The van der Waals surface area contributed by atoms with Gasteiger partial charge in [0.15, 0.2) is 0 Å². The van der Waals surface area contributed by atoms with Crippen LogP contribution in [-0.4, -0.2) is 0 Å². The van der Waals surface area contributed by atoms with E-state index in [2.05, 4.69) is 52.0 Å². The van der Waals surface area contributed by atoms with Crippen LogP contribution in [0.2, 0.25) is 0 Å². The summed E-state index contributed by atoms with van der Waals surface area (Å²) >= 11 is 0. The number of benzene rings is 1. The smallest absolute Gasteiger partial charge is 0.0227 e. The van der Waals surface area contributed by atoms with Crippen LogP contribution in [0.1, 0.15) is 31.9 Å². The van der Waals surface area contributed by atoms with Crippen molar-refractivity contribution in [2.24, 2.45) is 5.41 Å². The van der Waals surface area contributed by atoms with Gasteiger partial charge in [-0.3, -0.25) is 0 Å². The molecule has 0 aliphatic carbocycles. The number of rotatable bonds is 1. The second-order valence-electron chi connectivity index (χ2n) is 4.66. The molecule has 0 heteroatoms. The molecule has 0 amide bonds. The third-order valence-electron chi connectivity index (χ3n) is 1.98. The van der Waals surface area contributed by atoms with Crippen molar-refractivity contribution >= 4 is 0 Å². The Kier molecular flexibility index (Phi) is 2.56. The maximum Gasteiger partial charge on any atom is -0.0227 e. The average Bonchev–Trinajstić information content (AvgIpc) is 1.91. The van der Waals surface area contributed by atoms with Gasteiger partial charge in [0.1, 0.15) is 0 Å². The minimum Gasteiger partial charge on any atom is -0.0620 e. The number of hydrogen-bond donors (Lipinski definition) is 0. The second-order valence-corrected chi connectivity index (χ2v) is 4.66. The van der Waals surface area contributed by atoms with Gasteiger partial charge in [-0.05, 0) is 29.9 Å². The molecule has 0 fully saturated rings. The van der Waals surface area contributed by atoms with E-state index in [-0.39, 0.29) is 0 Å². The lowest BCUT2D eigenvalue weighted by Crippen LogP contribution is -2.09. The highest BCUT2D eigenvalue weighted by Gasteiger charge is 2.11. The van der Waals surface area contributed by atoms with Gasteiger partial charge < -0.3 is 0 Å². The molecule has 0 saturated carbocycles. The molecule has 0 aliphatic heterocycles. The van der Waals surface area contributed by atoms with Gasteiger partial charge in [-0.25, -0.2) is 0 Å². The van der Waals surface area contributed by atoms with Crippen molar-refractivity contribution in [1.29, 1.82) is 0 Å². The highest BCUT2D eigenvalue weighted by atomic mass is 14.2. The van der Waals surface area contributed by atoms with Crippen molar-refractivity contribution in [3.05, 3.63) is 35.4 Å². The van der Waals surface area contributed by atoms with Crippen molar-refractivity contribution in [2.45, 2.75) is 34.1 Å². The fourth-order valence-corrected chi connectivity index (χ4v) is 1.38. The Labute approximate surface area is 75.6 Å². The Morgan fingerprint density at radius 1 is 1.08 bits per heavy atom. The maximum atomic E-state index is 2.28. The number of aryl methyl sites for hydroxylation is 1. The fraction of sp³-hybridized carbons (Fsp3) is 0.500. The van der Waals surface area contributed by atoms with Crippen molar-refractivity contribution < 1.29 is 0 Å². The lowest BCUT2D eigenvalue weighted by Gasteiger charge is -2.19. The molecule has 0 saturated heterocycles. The summed E-state index contributed by atoms with van der Waals surface area (Å²) in [6.45, 7) is 9.01. The zero-order valence-electron chi connectivity index (χ0n) is 8.52. The first-order valence-corrected chi connectivity index (χ1v) is 4.53. The molecule has 0 aliphatic rings. The normalized spacial score (nSPS) is 11.7. The van der Waals surface area contributed by atoms with E-state index in [9.17, 15) is 0 Å². The minimum absolute atomic E-state index is 0.395. The molecule has 1 aromatic rings. The molecule has 0 nitrogen and oxygen atoms in total. The van der Waals surface area contributed by atoms with Crippen LogP contribution < -0.4 is 0 Å². The Balaban J connectivity index is 2.83. The average molecular weight is 162 g/mol. The van der Waals surface area contributed by atoms with Gasteiger partial charge in [0.25, 0.3) is 0 Å². The summed E-state index contributed by atoms with van der Waals surface area (Å²) < 4.78 is 0. The lowest BCUT2D eigenvalue weighted by atomic mass is 9.86. The van der Waals surface area contributed by atoms with Crippen LogP contribution in [-0.2, 0) is 6.42 Å². The largest absolute Gasteiger partial charge is 0.0620 e. The third-order valence-corrected chi connectivity index (χ3v) is 1.98. The first kappa shape index (κ1) is 9.31. The van der Waals surface area contributed by atoms with Crippen molar-refractivity contribution in [3.8, 4) is 0 Å². The summed E-state index contributed by atoms with van der Waals surface area (Å²) in [6.07, 6.45) is 1.17. The highest BCUT2D eigenvalue weighted by Crippen LogP contribution is 2.22. The molecule has 0 spiro atoms. The van der Waals surface area contributed by atoms with Gasteiger partial charge in [-0.15, -0.1) is 0 Å². The molecule has 1 aromatic carbocycles. The van der Waals surface area contributed by atoms with Crippen molar-refractivity contribution in [3.63, 3.8) is 0 Å². The van der Waals surface area contributed by atoms with Crippen LogP contribution in [0.25, 0.3) is 0 Å². The minimum atomic E-state index is 0.395. The summed E-state index contributed by atoms with van der Waals surface area (Å²) in [5.41, 5.74) is 3.28. The molecule has 0 aromatic heterocycles. The van der Waals surface area contributed by atoms with E-state index < -0.39 is 0 Å². The summed E-state index contributed by atoms with van der Waals surface area (Å²) in [7, 11) is 0. The van der Waals surface area contributed by atoms with Crippen LogP contribution in [0.5, 0.6) is 0 Å². The maximum absolute atomic E-state index is 2.28. The monoisotopic (exact) mass is 162 g/mol. The molecular weight excluding hydrogens is 144 g/mol. The molecule has 66 valence electrons. The summed E-state index contributed by atoms with van der Waals surface area (Å²) in [5, 5.41) is 0. The third kappa shape index (κ3) is 2.69. The van der Waals surface area contributed by atoms with Crippen LogP contribution in [0.4, 0.5) is 0 Å². The SMILES string of the molecule is Cc1ccccc1CC(C)(C)C. The van der Waals surface area contributed by atoms with E-state index in [4.69, 9.17) is 0 Å². The molecule has 0 radical (unpaired) electrons. The molecule has 0 atom stereocenters. The van der Waals surface area contributed by atoms with Gasteiger partial charge in [-0.1, -0.05) is 45.0 Å². The first-order chi connectivity index (χ1) is 5.49. The quantitative estimate of drug-likeness (QED) is 0.592. The van der Waals surface area contributed by atoms with E-state index in [0.717, 1.165) is 0 Å². The fourth-order valence-electron chi connectivity index (χ4n) is 1.38. The molecular formula is C12H18. The van der Waals surface area contributed by atoms with Gasteiger partial charge in [0.2, 0.25) is 0 Å². The molecule has 1 rings (SSSR count). The van der Waals surface area contributed by atoms with Crippen molar-refractivity contribution in [2.75, 3.05) is 0 Å². The van der Waals surface area contributed by atoms with Gasteiger partial charge in [0, 0.05) is 0 Å². The highest BCUT2D eigenvalue weighted by molar-refractivity contribution is 5.26. The zero-order chi connectivity index (χ0) is 9.19. The predicted octanol–water partition coefficient (Wildman–Crippen LogP) is 3.58.